The Kier molecular flexibility index (Phi) is 5.91. The summed E-state index contributed by atoms with van der Waals surface area (Å²) in [7, 11) is 0. The molecule has 3 fully saturated rings. The molecule has 0 spiro atoms. The van der Waals surface area contributed by atoms with E-state index in [2.05, 4.69) is 0 Å². The Balaban J connectivity index is 1.53. The Hall–Kier alpha value is -1.55. The molecule has 4 rings (SSSR count). The number of fused-ring (bicyclic) bond motifs is 1. The van der Waals surface area contributed by atoms with Crippen LogP contribution >= 0.6 is 0 Å². The maximum absolute atomic E-state index is 13.2. The third-order valence-electron chi connectivity index (χ3n) is 5.63. The monoisotopic (exact) mass is 422 g/mol. The van der Waals surface area contributed by atoms with Gasteiger partial charge in [-0.2, -0.15) is 0 Å². The number of hydrogen-bond acceptors (Lipinski definition) is 8. The summed E-state index contributed by atoms with van der Waals surface area (Å²) in [6.45, 7) is 7.71. The number of ether oxygens (including phenoxy) is 6. The van der Waals surface area contributed by atoms with E-state index >= 15 is 0 Å². The third-order valence-corrected chi connectivity index (χ3v) is 5.63. The number of hydrogen-bond donors (Lipinski definition) is 1. The molecule has 0 unspecified atom stereocenters. The average Bonchev–Trinajstić information content (AvgIpc) is 3.33. The number of esters is 1. The first-order valence-electron chi connectivity index (χ1n) is 10.3. The van der Waals surface area contributed by atoms with Gasteiger partial charge in [-0.3, -0.25) is 4.79 Å². The van der Waals surface area contributed by atoms with Crippen LogP contribution in [-0.2, 0) is 39.8 Å². The molecule has 30 heavy (non-hydrogen) atoms. The lowest BCUT2D eigenvalue weighted by Gasteiger charge is -2.32. The molecule has 3 saturated heterocycles. The van der Waals surface area contributed by atoms with Crippen LogP contribution in [0.25, 0.3) is 0 Å². The van der Waals surface area contributed by atoms with Gasteiger partial charge in [0.05, 0.1) is 19.3 Å². The molecule has 1 aromatic carbocycles. The van der Waals surface area contributed by atoms with Gasteiger partial charge >= 0.3 is 5.97 Å². The van der Waals surface area contributed by atoms with Gasteiger partial charge in [0.25, 0.3) is 0 Å². The Morgan fingerprint density at radius 2 is 1.83 bits per heavy atom. The molecule has 0 bridgehead atoms. The Labute approximate surface area is 176 Å². The van der Waals surface area contributed by atoms with Crippen molar-refractivity contribution in [3.8, 4) is 0 Å². The van der Waals surface area contributed by atoms with Gasteiger partial charge in [-0.1, -0.05) is 30.3 Å². The van der Waals surface area contributed by atoms with E-state index in [1.165, 1.54) is 0 Å². The van der Waals surface area contributed by atoms with Crippen LogP contribution in [0.5, 0.6) is 0 Å². The standard InChI is InChI=1S/C22H30O8/c1-21(2)27-12-14(28-21)17(23)16(20(24)26-10-13-8-6-5-7-9-13)19-18-15(11-25-19)29-22(3,4)30-18/h5-9,14-19,23H,10-12H2,1-4H3/t14-,15-,16+,17-,18-,19+/m1/s1. The molecule has 3 heterocycles. The van der Waals surface area contributed by atoms with Crippen LogP contribution in [0.4, 0.5) is 0 Å². The number of benzene rings is 1. The van der Waals surface area contributed by atoms with Crippen LogP contribution in [0.15, 0.2) is 30.3 Å². The molecule has 166 valence electrons. The summed E-state index contributed by atoms with van der Waals surface area (Å²) in [6.07, 6.45) is -3.39. The Bertz CT molecular complexity index is 749. The summed E-state index contributed by atoms with van der Waals surface area (Å²) < 4.78 is 34.7. The van der Waals surface area contributed by atoms with Gasteiger partial charge in [0.1, 0.15) is 36.9 Å². The maximum atomic E-state index is 13.2. The van der Waals surface area contributed by atoms with E-state index in [4.69, 9.17) is 28.4 Å². The van der Waals surface area contributed by atoms with E-state index < -0.39 is 47.9 Å². The SMILES string of the molecule is CC1(C)OC[C@H]([C@@H](O)[C@H](C(=O)OCc2ccccc2)[C@@H]2OC[C@H]3OC(C)(C)O[C@@H]23)O1. The first-order chi connectivity index (χ1) is 14.2. The smallest absolute Gasteiger partial charge is 0.314 e. The number of rotatable bonds is 6. The maximum Gasteiger partial charge on any atom is 0.314 e. The van der Waals surface area contributed by atoms with Gasteiger partial charge in [-0.25, -0.2) is 0 Å². The molecule has 3 aliphatic heterocycles. The van der Waals surface area contributed by atoms with Gasteiger partial charge in [-0.15, -0.1) is 0 Å². The predicted molar refractivity (Wildman–Crippen MR) is 104 cm³/mol. The molecule has 6 atom stereocenters. The molecular weight excluding hydrogens is 392 g/mol. The largest absolute Gasteiger partial charge is 0.460 e. The quantitative estimate of drug-likeness (QED) is 0.694. The molecule has 0 aromatic heterocycles. The second-order valence-electron chi connectivity index (χ2n) is 8.91. The molecule has 0 amide bonds. The molecule has 1 N–H and O–H groups in total. The molecule has 1 aromatic rings. The minimum Gasteiger partial charge on any atom is -0.460 e. The zero-order valence-corrected chi connectivity index (χ0v) is 17.8. The van der Waals surface area contributed by atoms with Crippen LogP contribution in [0.2, 0.25) is 0 Å². The number of aliphatic hydroxyl groups is 1. The highest BCUT2D eigenvalue weighted by Crippen LogP contribution is 2.40. The lowest BCUT2D eigenvalue weighted by atomic mass is 9.89. The fraction of sp³-hybridized carbons (Fsp3) is 0.682. The fourth-order valence-corrected chi connectivity index (χ4v) is 4.29. The minimum absolute atomic E-state index is 0.0973. The van der Waals surface area contributed by atoms with Crippen molar-refractivity contribution in [1.29, 1.82) is 0 Å². The highest BCUT2D eigenvalue weighted by atomic mass is 16.8. The molecule has 0 aliphatic carbocycles. The lowest BCUT2D eigenvalue weighted by Crippen LogP contribution is -2.50. The number of carbonyl (C=O) groups excluding carboxylic acids is 1. The number of carbonyl (C=O) groups is 1. The summed E-state index contributed by atoms with van der Waals surface area (Å²) in [4.78, 5) is 13.2. The van der Waals surface area contributed by atoms with E-state index in [1.54, 1.807) is 13.8 Å². The summed E-state index contributed by atoms with van der Waals surface area (Å²) >= 11 is 0. The van der Waals surface area contributed by atoms with Crippen LogP contribution in [0, 0.1) is 5.92 Å². The van der Waals surface area contributed by atoms with Crippen molar-refractivity contribution in [3.63, 3.8) is 0 Å². The van der Waals surface area contributed by atoms with E-state index in [-0.39, 0.29) is 25.9 Å². The van der Waals surface area contributed by atoms with Crippen molar-refractivity contribution in [3.05, 3.63) is 35.9 Å². The highest BCUT2D eigenvalue weighted by molar-refractivity contribution is 5.74. The van der Waals surface area contributed by atoms with E-state index in [0.717, 1.165) is 5.56 Å². The van der Waals surface area contributed by atoms with Crippen molar-refractivity contribution in [2.45, 2.75) is 76.4 Å². The molecule has 0 radical (unpaired) electrons. The van der Waals surface area contributed by atoms with Gasteiger partial charge in [0.15, 0.2) is 11.6 Å². The second-order valence-corrected chi connectivity index (χ2v) is 8.91. The van der Waals surface area contributed by atoms with Crippen LogP contribution in [0.1, 0.15) is 33.3 Å². The van der Waals surface area contributed by atoms with Gasteiger partial charge < -0.3 is 33.5 Å². The second kappa shape index (κ2) is 8.18. The normalized spacial score (nSPS) is 33.8. The van der Waals surface area contributed by atoms with Crippen molar-refractivity contribution < 1.29 is 38.3 Å². The average molecular weight is 422 g/mol. The molecule has 8 nitrogen and oxygen atoms in total. The van der Waals surface area contributed by atoms with Crippen LogP contribution < -0.4 is 0 Å². The predicted octanol–water partition coefficient (Wildman–Crippen LogP) is 1.78. The van der Waals surface area contributed by atoms with Crippen molar-refractivity contribution in [2.24, 2.45) is 5.92 Å². The zero-order chi connectivity index (χ0) is 21.5. The van der Waals surface area contributed by atoms with Crippen LogP contribution in [0.3, 0.4) is 0 Å². The third kappa shape index (κ3) is 4.54. The van der Waals surface area contributed by atoms with E-state index in [9.17, 15) is 9.90 Å². The first-order valence-corrected chi connectivity index (χ1v) is 10.3. The summed E-state index contributed by atoms with van der Waals surface area (Å²) in [5.41, 5.74) is 0.854. The summed E-state index contributed by atoms with van der Waals surface area (Å²) in [5.74, 6) is -3.20. The first kappa shape index (κ1) is 21.7. The molecule has 0 saturated carbocycles. The van der Waals surface area contributed by atoms with Gasteiger partial charge in [0.2, 0.25) is 0 Å². The zero-order valence-electron chi connectivity index (χ0n) is 17.8. The van der Waals surface area contributed by atoms with E-state index in [1.807, 2.05) is 44.2 Å². The van der Waals surface area contributed by atoms with Gasteiger partial charge in [-0.05, 0) is 33.3 Å². The lowest BCUT2D eigenvalue weighted by molar-refractivity contribution is -0.200. The molecule has 8 heteroatoms. The van der Waals surface area contributed by atoms with Gasteiger partial charge in [0, 0.05) is 0 Å². The molecular formula is C22H30O8. The summed E-state index contributed by atoms with van der Waals surface area (Å²) in [5, 5.41) is 11.1. The Morgan fingerprint density at radius 3 is 2.50 bits per heavy atom. The summed E-state index contributed by atoms with van der Waals surface area (Å²) in [6, 6.07) is 9.37. The van der Waals surface area contributed by atoms with Crippen LogP contribution in [-0.4, -0.2) is 66.4 Å². The van der Waals surface area contributed by atoms with Crippen molar-refractivity contribution in [1.82, 2.24) is 0 Å². The fourth-order valence-electron chi connectivity index (χ4n) is 4.29. The highest BCUT2D eigenvalue weighted by Gasteiger charge is 2.57. The van der Waals surface area contributed by atoms with Crippen molar-refractivity contribution in [2.75, 3.05) is 13.2 Å². The Morgan fingerprint density at radius 1 is 1.10 bits per heavy atom. The van der Waals surface area contributed by atoms with Crippen molar-refractivity contribution >= 4 is 5.97 Å². The number of aliphatic hydroxyl groups excluding tert-OH is 1. The topological polar surface area (TPSA) is 92.7 Å². The van der Waals surface area contributed by atoms with E-state index in [0.29, 0.717) is 0 Å². The molecule has 3 aliphatic rings. The minimum atomic E-state index is -1.19.